The Hall–Kier alpha value is -1.78. The summed E-state index contributed by atoms with van der Waals surface area (Å²) in [4.78, 5) is 22.2. The molecule has 0 fully saturated rings. The highest BCUT2D eigenvalue weighted by Crippen LogP contribution is 2.13. The molecule has 0 spiro atoms. The Bertz CT molecular complexity index is 436. The van der Waals surface area contributed by atoms with E-state index in [1.54, 1.807) is 19.9 Å². The van der Waals surface area contributed by atoms with Crippen molar-refractivity contribution in [2.75, 3.05) is 6.54 Å². The van der Waals surface area contributed by atoms with Gasteiger partial charge in [0.2, 0.25) is 0 Å². The Balaban J connectivity index is 2.41. The van der Waals surface area contributed by atoms with E-state index in [9.17, 15) is 9.59 Å². The molecule has 1 rings (SSSR count). The van der Waals surface area contributed by atoms with Crippen LogP contribution in [0.5, 0.6) is 0 Å². The van der Waals surface area contributed by atoms with E-state index < -0.39 is 5.97 Å². The largest absolute Gasteiger partial charge is 0.481 e. The monoisotopic (exact) mass is 253 g/mol. The maximum absolute atomic E-state index is 11.8. The summed E-state index contributed by atoms with van der Waals surface area (Å²) in [6.07, 6.45) is 0.680. The van der Waals surface area contributed by atoms with Gasteiger partial charge in [0.15, 0.2) is 0 Å². The lowest BCUT2D eigenvalue weighted by atomic mass is 10.1. The molecule has 18 heavy (non-hydrogen) atoms. The Kier molecular flexibility index (Phi) is 4.95. The molecule has 1 heterocycles. The van der Waals surface area contributed by atoms with Crippen LogP contribution in [0.1, 0.15) is 41.6 Å². The van der Waals surface area contributed by atoms with Crippen molar-refractivity contribution in [3.05, 3.63) is 23.2 Å². The maximum Gasteiger partial charge on any atom is 0.303 e. The van der Waals surface area contributed by atoms with E-state index in [0.29, 0.717) is 30.0 Å². The minimum absolute atomic E-state index is 0.126. The van der Waals surface area contributed by atoms with Crippen LogP contribution in [0.25, 0.3) is 0 Å². The summed E-state index contributed by atoms with van der Waals surface area (Å²) in [7, 11) is 0. The van der Waals surface area contributed by atoms with Crippen LogP contribution in [0.2, 0.25) is 0 Å². The number of carboxylic acid groups (broad SMARTS) is 1. The smallest absolute Gasteiger partial charge is 0.303 e. The van der Waals surface area contributed by atoms with Crippen molar-refractivity contribution in [2.24, 2.45) is 5.92 Å². The van der Waals surface area contributed by atoms with Crippen LogP contribution in [0.15, 0.2) is 10.5 Å². The van der Waals surface area contributed by atoms with E-state index in [0.717, 1.165) is 0 Å². The molecule has 0 aliphatic carbocycles. The maximum atomic E-state index is 11.8. The second-order valence-corrected chi connectivity index (χ2v) is 4.57. The molecular formula is C13H19NO4. The lowest BCUT2D eigenvalue weighted by molar-refractivity contribution is -0.137. The summed E-state index contributed by atoms with van der Waals surface area (Å²) < 4.78 is 5.28. The van der Waals surface area contributed by atoms with Crippen molar-refractivity contribution in [3.63, 3.8) is 0 Å². The number of furan rings is 1. The molecule has 0 aliphatic heterocycles. The zero-order valence-corrected chi connectivity index (χ0v) is 10.9. The Morgan fingerprint density at radius 2 is 2.11 bits per heavy atom. The van der Waals surface area contributed by atoms with Crippen LogP contribution in [-0.2, 0) is 4.79 Å². The van der Waals surface area contributed by atoms with Gasteiger partial charge in [-0.2, -0.15) is 0 Å². The predicted molar refractivity (Wildman–Crippen MR) is 66.5 cm³/mol. The molecule has 1 aromatic rings. The summed E-state index contributed by atoms with van der Waals surface area (Å²) in [6, 6.07) is 1.70. The molecule has 1 atom stereocenters. The normalized spacial score (nSPS) is 12.2. The van der Waals surface area contributed by atoms with Crippen molar-refractivity contribution < 1.29 is 19.1 Å². The van der Waals surface area contributed by atoms with Crippen molar-refractivity contribution >= 4 is 11.9 Å². The third-order valence-electron chi connectivity index (χ3n) is 2.75. The predicted octanol–water partition coefficient (Wildman–Crippen LogP) is 2.13. The van der Waals surface area contributed by atoms with Crippen LogP contribution in [-0.4, -0.2) is 23.5 Å². The molecule has 100 valence electrons. The minimum Gasteiger partial charge on any atom is -0.481 e. The van der Waals surface area contributed by atoms with Gasteiger partial charge in [-0.05, 0) is 32.3 Å². The molecule has 0 radical (unpaired) electrons. The van der Waals surface area contributed by atoms with Gasteiger partial charge in [-0.1, -0.05) is 6.92 Å². The standard InChI is InChI=1S/C13H19NO4/c1-8(4-5-12(15)16)7-14-13(17)11-6-9(2)18-10(11)3/h6,8H,4-5,7H2,1-3H3,(H,14,17)(H,15,16). The molecule has 1 amide bonds. The fourth-order valence-corrected chi connectivity index (χ4v) is 1.69. The topological polar surface area (TPSA) is 79.5 Å². The van der Waals surface area contributed by atoms with Gasteiger partial charge in [-0.25, -0.2) is 0 Å². The van der Waals surface area contributed by atoms with Gasteiger partial charge < -0.3 is 14.8 Å². The molecule has 2 N–H and O–H groups in total. The molecule has 0 bridgehead atoms. The van der Waals surface area contributed by atoms with E-state index in [1.807, 2.05) is 6.92 Å². The fraction of sp³-hybridized carbons (Fsp3) is 0.538. The number of aliphatic carboxylic acids is 1. The van der Waals surface area contributed by atoms with Gasteiger partial charge >= 0.3 is 5.97 Å². The SMILES string of the molecule is Cc1cc(C(=O)NCC(C)CCC(=O)O)c(C)o1. The average molecular weight is 253 g/mol. The Morgan fingerprint density at radius 1 is 1.44 bits per heavy atom. The highest BCUT2D eigenvalue weighted by molar-refractivity contribution is 5.95. The van der Waals surface area contributed by atoms with Gasteiger partial charge in [0, 0.05) is 13.0 Å². The number of hydrogen-bond donors (Lipinski definition) is 2. The number of amides is 1. The molecular weight excluding hydrogens is 234 g/mol. The highest BCUT2D eigenvalue weighted by Gasteiger charge is 2.14. The fourth-order valence-electron chi connectivity index (χ4n) is 1.69. The summed E-state index contributed by atoms with van der Waals surface area (Å²) >= 11 is 0. The molecule has 5 nitrogen and oxygen atoms in total. The average Bonchev–Trinajstić information content (AvgIpc) is 2.62. The summed E-state index contributed by atoms with van der Waals surface area (Å²) in [6.45, 7) is 5.92. The Labute approximate surface area is 106 Å². The third kappa shape index (κ3) is 4.24. The first-order valence-electron chi connectivity index (χ1n) is 5.97. The number of carbonyl (C=O) groups excluding carboxylic acids is 1. The van der Waals surface area contributed by atoms with Crippen molar-refractivity contribution in [2.45, 2.75) is 33.6 Å². The lowest BCUT2D eigenvalue weighted by Crippen LogP contribution is -2.28. The highest BCUT2D eigenvalue weighted by atomic mass is 16.4. The van der Waals surface area contributed by atoms with Crippen molar-refractivity contribution in [1.82, 2.24) is 5.32 Å². The molecule has 0 aliphatic rings. The van der Waals surface area contributed by atoms with Gasteiger partial charge in [-0.15, -0.1) is 0 Å². The lowest BCUT2D eigenvalue weighted by Gasteiger charge is -2.10. The van der Waals surface area contributed by atoms with Crippen LogP contribution in [0.3, 0.4) is 0 Å². The number of nitrogens with one attached hydrogen (secondary N) is 1. The van der Waals surface area contributed by atoms with Gasteiger partial charge in [0.25, 0.3) is 5.91 Å². The van der Waals surface area contributed by atoms with Crippen LogP contribution in [0, 0.1) is 19.8 Å². The minimum atomic E-state index is -0.811. The number of aryl methyl sites for hydroxylation is 2. The number of rotatable bonds is 6. The van der Waals surface area contributed by atoms with Crippen LogP contribution < -0.4 is 5.32 Å². The first-order valence-corrected chi connectivity index (χ1v) is 5.97. The van der Waals surface area contributed by atoms with Crippen LogP contribution in [0.4, 0.5) is 0 Å². The van der Waals surface area contributed by atoms with Gasteiger partial charge in [0.05, 0.1) is 5.56 Å². The molecule has 0 saturated carbocycles. The molecule has 0 aromatic carbocycles. The zero-order chi connectivity index (χ0) is 13.7. The number of carbonyl (C=O) groups is 2. The van der Waals surface area contributed by atoms with Gasteiger partial charge in [-0.3, -0.25) is 9.59 Å². The Morgan fingerprint density at radius 3 is 2.61 bits per heavy atom. The van der Waals surface area contributed by atoms with Gasteiger partial charge in [0.1, 0.15) is 11.5 Å². The second kappa shape index (κ2) is 6.23. The summed E-state index contributed by atoms with van der Waals surface area (Å²) in [5, 5.41) is 11.3. The van der Waals surface area contributed by atoms with E-state index in [-0.39, 0.29) is 18.2 Å². The molecule has 5 heteroatoms. The summed E-state index contributed by atoms with van der Waals surface area (Å²) in [5.41, 5.74) is 0.540. The molecule has 0 saturated heterocycles. The first-order chi connectivity index (χ1) is 8.40. The quantitative estimate of drug-likeness (QED) is 0.813. The first kappa shape index (κ1) is 14.3. The van der Waals surface area contributed by atoms with E-state index >= 15 is 0 Å². The third-order valence-corrected chi connectivity index (χ3v) is 2.75. The zero-order valence-electron chi connectivity index (χ0n) is 10.9. The van der Waals surface area contributed by atoms with E-state index in [1.165, 1.54) is 0 Å². The molecule has 1 unspecified atom stereocenters. The number of carboxylic acids is 1. The number of hydrogen-bond acceptors (Lipinski definition) is 3. The van der Waals surface area contributed by atoms with E-state index in [4.69, 9.17) is 9.52 Å². The molecule has 1 aromatic heterocycles. The summed E-state index contributed by atoms with van der Waals surface area (Å²) in [5.74, 6) is 0.458. The van der Waals surface area contributed by atoms with Crippen LogP contribution >= 0.6 is 0 Å². The van der Waals surface area contributed by atoms with Crippen molar-refractivity contribution in [1.29, 1.82) is 0 Å². The van der Waals surface area contributed by atoms with E-state index in [2.05, 4.69) is 5.32 Å². The second-order valence-electron chi connectivity index (χ2n) is 4.57. The van der Waals surface area contributed by atoms with Crippen molar-refractivity contribution in [3.8, 4) is 0 Å².